The lowest BCUT2D eigenvalue weighted by Crippen LogP contribution is -2.37. The zero-order valence-corrected chi connectivity index (χ0v) is 14.7. The van der Waals surface area contributed by atoms with E-state index in [1.165, 1.54) is 30.6 Å². The number of hydrogen-bond donors (Lipinski definition) is 2. The van der Waals surface area contributed by atoms with Crippen molar-refractivity contribution in [1.29, 1.82) is 0 Å². The van der Waals surface area contributed by atoms with Crippen LogP contribution in [-0.2, 0) is 20.8 Å². The van der Waals surface area contributed by atoms with Crippen molar-refractivity contribution < 1.29 is 18.8 Å². The molecule has 0 spiro atoms. The first-order valence-corrected chi connectivity index (χ1v) is 8.61. The second-order valence-corrected chi connectivity index (χ2v) is 6.60. The van der Waals surface area contributed by atoms with E-state index in [9.17, 15) is 14.0 Å². The number of benzene rings is 2. The Morgan fingerprint density at radius 2 is 1.96 bits per heavy atom. The Morgan fingerprint density at radius 1 is 1.15 bits per heavy atom. The third-order valence-corrected chi connectivity index (χ3v) is 4.58. The second-order valence-electron chi connectivity index (χ2n) is 5.48. The molecule has 0 bridgehead atoms. The van der Waals surface area contributed by atoms with Gasteiger partial charge in [0.2, 0.25) is 5.91 Å². The van der Waals surface area contributed by atoms with Crippen molar-refractivity contribution in [3.8, 4) is 11.1 Å². The number of thiazole rings is 1. The van der Waals surface area contributed by atoms with Crippen LogP contribution in [0.4, 0.5) is 4.39 Å². The van der Waals surface area contributed by atoms with E-state index in [4.69, 9.17) is 0 Å². The van der Waals surface area contributed by atoms with Gasteiger partial charge in [-0.25, -0.2) is 14.9 Å². The van der Waals surface area contributed by atoms with Gasteiger partial charge >= 0.3 is 0 Å². The first kappa shape index (κ1) is 18.0. The molecule has 2 amide bonds. The van der Waals surface area contributed by atoms with Crippen molar-refractivity contribution >= 4 is 33.4 Å². The molecular formula is C18H16FN3O3S. The molecule has 2 aromatic carbocycles. The molecule has 0 atom stereocenters. The molecule has 26 heavy (non-hydrogen) atoms. The van der Waals surface area contributed by atoms with Crippen molar-refractivity contribution in [1.82, 2.24) is 15.8 Å². The Morgan fingerprint density at radius 3 is 2.73 bits per heavy atom. The van der Waals surface area contributed by atoms with Crippen LogP contribution in [0.25, 0.3) is 21.3 Å². The standard InChI is InChI=1S/C18H16FN3O3S/c1-25-22-17(24)10-20-16(23)9-18-21-14-6-5-12(8-15(14)26-18)11-3-2-4-13(19)7-11/h2-8H,9-10H2,1H3,(H,20,23)(H,22,24). The van der Waals surface area contributed by atoms with Gasteiger partial charge in [-0.05, 0) is 35.4 Å². The van der Waals surface area contributed by atoms with Crippen LogP contribution in [0.5, 0.6) is 0 Å². The molecule has 0 radical (unpaired) electrons. The second kappa shape index (κ2) is 8.03. The minimum Gasteiger partial charge on any atom is -0.347 e. The summed E-state index contributed by atoms with van der Waals surface area (Å²) in [6.45, 7) is -0.165. The number of carbonyl (C=O) groups is 2. The number of rotatable bonds is 6. The molecule has 0 unspecified atom stereocenters. The van der Waals surface area contributed by atoms with Gasteiger partial charge in [-0.15, -0.1) is 11.3 Å². The number of hydrogen-bond acceptors (Lipinski definition) is 5. The molecule has 0 saturated heterocycles. The minimum atomic E-state index is -0.440. The summed E-state index contributed by atoms with van der Waals surface area (Å²) >= 11 is 1.39. The minimum absolute atomic E-state index is 0.0783. The maximum Gasteiger partial charge on any atom is 0.262 e. The topological polar surface area (TPSA) is 80.3 Å². The van der Waals surface area contributed by atoms with Crippen LogP contribution in [-0.4, -0.2) is 30.5 Å². The fourth-order valence-electron chi connectivity index (χ4n) is 2.42. The van der Waals surface area contributed by atoms with Crippen LogP contribution in [0.15, 0.2) is 42.5 Å². The Hall–Kier alpha value is -2.84. The van der Waals surface area contributed by atoms with Crippen LogP contribution in [0.1, 0.15) is 5.01 Å². The highest BCUT2D eigenvalue weighted by Crippen LogP contribution is 2.28. The highest BCUT2D eigenvalue weighted by molar-refractivity contribution is 7.18. The fraction of sp³-hybridized carbons (Fsp3) is 0.167. The van der Waals surface area contributed by atoms with Crippen molar-refractivity contribution in [2.75, 3.05) is 13.7 Å². The van der Waals surface area contributed by atoms with E-state index >= 15 is 0 Å². The summed E-state index contributed by atoms with van der Waals surface area (Å²) in [6, 6.07) is 12.0. The van der Waals surface area contributed by atoms with Gasteiger partial charge < -0.3 is 5.32 Å². The summed E-state index contributed by atoms with van der Waals surface area (Å²) in [5, 5.41) is 3.14. The normalized spacial score (nSPS) is 10.7. The van der Waals surface area contributed by atoms with Crippen molar-refractivity contribution in [3.05, 3.63) is 53.3 Å². The number of carbonyl (C=O) groups excluding carboxylic acids is 2. The highest BCUT2D eigenvalue weighted by Gasteiger charge is 2.11. The van der Waals surface area contributed by atoms with Crippen LogP contribution >= 0.6 is 11.3 Å². The van der Waals surface area contributed by atoms with Crippen molar-refractivity contribution in [2.45, 2.75) is 6.42 Å². The summed E-state index contributed by atoms with van der Waals surface area (Å²) in [7, 11) is 1.32. The molecule has 1 heterocycles. The third-order valence-electron chi connectivity index (χ3n) is 3.56. The molecule has 2 N–H and O–H groups in total. The average Bonchev–Trinajstić information content (AvgIpc) is 3.01. The van der Waals surface area contributed by atoms with Gasteiger partial charge in [0.1, 0.15) is 10.8 Å². The van der Waals surface area contributed by atoms with Crippen LogP contribution in [0.3, 0.4) is 0 Å². The van der Waals surface area contributed by atoms with E-state index in [1.54, 1.807) is 6.07 Å². The van der Waals surface area contributed by atoms with E-state index < -0.39 is 5.91 Å². The van der Waals surface area contributed by atoms with Gasteiger partial charge in [-0.2, -0.15) is 0 Å². The Bertz CT molecular complexity index is 958. The SMILES string of the molecule is CONC(=O)CNC(=O)Cc1nc2ccc(-c3cccc(F)c3)cc2s1. The average molecular weight is 373 g/mol. The van der Waals surface area contributed by atoms with Crippen molar-refractivity contribution in [2.24, 2.45) is 0 Å². The molecule has 1 aromatic heterocycles. The maximum atomic E-state index is 13.4. The summed E-state index contributed by atoms with van der Waals surface area (Å²) < 4.78 is 14.3. The summed E-state index contributed by atoms with van der Waals surface area (Å²) in [5.41, 5.74) is 4.56. The van der Waals surface area contributed by atoms with E-state index in [0.29, 0.717) is 5.01 Å². The maximum absolute atomic E-state index is 13.4. The zero-order chi connectivity index (χ0) is 18.5. The number of fused-ring (bicyclic) bond motifs is 1. The molecule has 8 heteroatoms. The number of nitrogens with one attached hydrogen (secondary N) is 2. The Labute approximate surface area is 153 Å². The number of hydroxylamine groups is 1. The van der Waals surface area contributed by atoms with E-state index in [2.05, 4.69) is 20.6 Å². The molecule has 3 aromatic rings. The molecule has 0 aliphatic rings. The Kier molecular flexibility index (Phi) is 5.55. The number of aromatic nitrogens is 1. The van der Waals surface area contributed by atoms with Gasteiger partial charge in [0.25, 0.3) is 5.91 Å². The van der Waals surface area contributed by atoms with Gasteiger partial charge in [-0.3, -0.25) is 14.4 Å². The number of nitrogens with zero attached hydrogens (tertiary/aromatic N) is 1. The Balaban J connectivity index is 1.71. The third kappa shape index (κ3) is 4.41. The fourth-order valence-corrected chi connectivity index (χ4v) is 3.43. The van der Waals surface area contributed by atoms with Gasteiger partial charge in [0, 0.05) is 0 Å². The zero-order valence-electron chi connectivity index (χ0n) is 13.9. The van der Waals surface area contributed by atoms with E-state index in [0.717, 1.165) is 21.3 Å². The predicted molar refractivity (Wildman–Crippen MR) is 96.9 cm³/mol. The predicted octanol–water partition coefficient (Wildman–Crippen LogP) is 2.44. The molecule has 0 saturated carbocycles. The molecule has 0 aliphatic carbocycles. The van der Waals surface area contributed by atoms with Crippen LogP contribution in [0.2, 0.25) is 0 Å². The largest absolute Gasteiger partial charge is 0.347 e. The molecular weight excluding hydrogens is 357 g/mol. The van der Waals surface area contributed by atoms with Gasteiger partial charge in [0.05, 0.1) is 30.3 Å². The van der Waals surface area contributed by atoms with E-state index in [-0.39, 0.29) is 24.7 Å². The summed E-state index contributed by atoms with van der Waals surface area (Å²) in [6.07, 6.45) is 0.0783. The number of amides is 2. The quantitative estimate of drug-likeness (QED) is 0.651. The van der Waals surface area contributed by atoms with Crippen LogP contribution < -0.4 is 10.8 Å². The first-order valence-electron chi connectivity index (χ1n) is 7.79. The number of halogens is 1. The smallest absolute Gasteiger partial charge is 0.262 e. The van der Waals surface area contributed by atoms with E-state index in [1.807, 2.05) is 24.3 Å². The summed E-state index contributed by atoms with van der Waals surface area (Å²) in [4.78, 5) is 32.1. The lowest BCUT2D eigenvalue weighted by Gasteiger charge is -2.03. The molecule has 0 fully saturated rings. The van der Waals surface area contributed by atoms with Crippen molar-refractivity contribution in [3.63, 3.8) is 0 Å². The summed E-state index contributed by atoms with van der Waals surface area (Å²) in [5.74, 6) is -1.03. The van der Waals surface area contributed by atoms with Gasteiger partial charge in [-0.1, -0.05) is 18.2 Å². The van der Waals surface area contributed by atoms with Gasteiger partial charge in [0.15, 0.2) is 0 Å². The molecule has 6 nitrogen and oxygen atoms in total. The lowest BCUT2D eigenvalue weighted by atomic mass is 10.1. The molecule has 0 aliphatic heterocycles. The molecule has 134 valence electrons. The lowest BCUT2D eigenvalue weighted by molar-refractivity contribution is -0.132. The highest BCUT2D eigenvalue weighted by atomic mass is 32.1. The van der Waals surface area contributed by atoms with Crippen LogP contribution in [0, 0.1) is 5.82 Å². The molecule has 3 rings (SSSR count). The first-order chi connectivity index (χ1) is 12.5. The monoisotopic (exact) mass is 373 g/mol.